The molecule has 0 aliphatic rings. The number of aromatic carboxylic acids is 1. The third-order valence-electron chi connectivity index (χ3n) is 2.58. The lowest BCUT2D eigenvalue weighted by Gasteiger charge is -2.05. The van der Waals surface area contributed by atoms with E-state index in [1.54, 1.807) is 20.2 Å². The van der Waals surface area contributed by atoms with Crippen LogP contribution >= 0.6 is 15.9 Å². The molecule has 5 nitrogen and oxygen atoms in total. The minimum Gasteiger partial charge on any atom is -0.497 e. The van der Waals surface area contributed by atoms with Crippen molar-refractivity contribution in [3.05, 3.63) is 34.6 Å². The molecule has 0 spiro atoms. The molecule has 0 bridgehead atoms. The molecule has 0 saturated heterocycles. The lowest BCUT2D eigenvalue weighted by Crippen LogP contribution is -2.05. The van der Waals surface area contributed by atoms with Gasteiger partial charge in [-0.1, -0.05) is 12.1 Å². The molecule has 1 N–H and O–H groups in total. The van der Waals surface area contributed by atoms with Gasteiger partial charge in [-0.05, 0) is 28.1 Å². The van der Waals surface area contributed by atoms with E-state index < -0.39 is 5.97 Å². The Kier molecular flexibility index (Phi) is 3.38. The SMILES string of the molecule is COc1cccc(-c2nc(Br)c(C(=O)O)n2C)c1. The van der Waals surface area contributed by atoms with Gasteiger partial charge in [0.1, 0.15) is 16.2 Å². The fourth-order valence-electron chi connectivity index (χ4n) is 1.72. The van der Waals surface area contributed by atoms with Gasteiger partial charge in [0.25, 0.3) is 0 Å². The molecule has 94 valence electrons. The summed E-state index contributed by atoms with van der Waals surface area (Å²) in [6.45, 7) is 0. The van der Waals surface area contributed by atoms with Crippen LogP contribution in [-0.4, -0.2) is 27.7 Å². The first-order valence-electron chi connectivity index (χ1n) is 5.14. The van der Waals surface area contributed by atoms with E-state index in [9.17, 15) is 4.79 Å². The summed E-state index contributed by atoms with van der Waals surface area (Å²) < 4.78 is 6.98. The van der Waals surface area contributed by atoms with Crippen molar-refractivity contribution in [2.45, 2.75) is 0 Å². The van der Waals surface area contributed by atoms with Gasteiger partial charge in [0.05, 0.1) is 7.11 Å². The minimum absolute atomic E-state index is 0.118. The highest BCUT2D eigenvalue weighted by molar-refractivity contribution is 9.10. The second kappa shape index (κ2) is 4.81. The molecule has 2 aromatic rings. The molecule has 0 saturated carbocycles. The molecule has 1 aromatic heterocycles. The average molecular weight is 311 g/mol. The summed E-state index contributed by atoms with van der Waals surface area (Å²) in [7, 11) is 3.24. The van der Waals surface area contributed by atoms with Crippen LogP contribution in [0.25, 0.3) is 11.4 Å². The molecule has 1 aromatic carbocycles. The molecule has 0 aliphatic heterocycles. The molecular weight excluding hydrogens is 300 g/mol. The molecule has 0 unspecified atom stereocenters. The number of carbonyl (C=O) groups is 1. The van der Waals surface area contributed by atoms with Crippen LogP contribution in [0, 0.1) is 0 Å². The van der Waals surface area contributed by atoms with Crippen LogP contribution in [0.3, 0.4) is 0 Å². The molecule has 6 heteroatoms. The van der Waals surface area contributed by atoms with Crippen molar-refractivity contribution < 1.29 is 14.6 Å². The molecule has 2 rings (SSSR count). The van der Waals surface area contributed by atoms with E-state index >= 15 is 0 Å². The number of rotatable bonds is 3. The predicted molar refractivity (Wildman–Crippen MR) is 69.9 cm³/mol. The van der Waals surface area contributed by atoms with Crippen molar-refractivity contribution in [1.29, 1.82) is 0 Å². The molecule has 0 aliphatic carbocycles. The highest BCUT2D eigenvalue weighted by Gasteiger charge is 2.19. The van der Waals surface area contributed by atoms with Gasteiger partial charge >= 0.3 is 5.97 Å². The summed E-state index contributed by atoms with van der Waals surface area (Å²) in [6.07, 6.45) is 0. The lowest BCUT2D eigenvalue weighted by molar-refractivity contribution is 0.0685. The highest BCUT2D eigenvalue weighted by Crippen LogP contribution is 2.27. The summed E-state index contributed by atoms with van der Waals surface area (Å²) in [5.41, 5.74) is 0.915. The number of hydrogen-bond donors (Lipinski definition) is 1. The number of halogens is 1. The predicted octanol–water partition coefficient (Wildman–Crippen LogP) is 2.56. The van der Waals surface area contributed by atoms with Crippen LogP contribution in [0.4, 0.5) is 0 Å². The van der Waals surface area contributed by atoms with Crippen molar-refractivity contribution in [2.24, 2.45) is 7.05 Å². The molecular formula is C12H11BrN2O3. The maximum absolute atomic E-state index is 11.1. The topological polar surface area (TPSA) is 64.3 Å². The van der Waals surface area contributed by atoms with Gasteiger partial charge < -0.3 is 14.4 Å². The van der Waals surface area contributed by atoms with Crippen molar-refractivity contribution in [2.75, 3.05) is 7.11 Å². The molecule has 0 atom stereocenters. The van der Waals surface area contributed by atoms with Crippen LogP contribution in [0.1, 0.15) is 10.5 Å². The van der Waals surface area contributed by atoms with Crippen LogP contribution in [0.2, 0.25) is 0 Å². The average Bonchev–Trinajstić information content (AvgIpc) is 2.65. The van der Waals surface area contributed by atoms with Crippen LogP contribution in [0.15, 0.2) is 28.9 Å². The Labute approximate surface area is 112 Å². The zero-order chi connectivity index (χ0) is 13.3. The van der Waals surface area contributed by atoms with E-state index in [4.69, 9.17) is 9.84 Å². The van der Waals surface area contributed by atoms with Crippen molar-refractivity contribution in [1.82, 2.24) is 9.55 Å². The second-order valence-electron chi connectivity index (χ2n) is 3.67. The van der Waals surface area contributed by atoms with Crippen LogP contribution < -0.4 is 4.74 Å². The number of benzene rings is 1. The largest absolute Gasteiger partial charge is 0.497 e. The monoisotopic (exact) mass is 310 g/mol. The van der Waals surface area contributed by atoms with E-state index in [2.05, 4.69) is 20.9 Å². The van der Waals surface area contributed by atoms with Gasteiger partial charge in [-0.3, -0.25) is 0 Å². The summed E-state index contributed by atoms with van der Waals surface area (Å²) >= 11 is 3.16. The van der Waals surface area contributed by atoms with Gasteiger partial charge in [0.2, 0.25) is 0 Å². The first kappa shape index (κ1) is 12.6. The van der Waals surface area contributed by atoms with E-state index in [1.807, 2.05) is 18.2 Å². The van der Waals surface area contributed by atoms with Gasteiger partial charge in [-0.2, -0.15) is 0 Å². The van der Waals surface area contributed by atoms with Crippen molar-refractivity contribution >= 4 is 21.9 Å². The van der Waals surface area contributed by atoms with Crippen molar-refractivity contribution in [3.63, 3.8) is 0 Å². The van der Waals surface area contributed by atoms with E-state index in [-0.39, 0.29) is 5.69 Å². The zero-order valence-corrected chi connectivity index (χ0v) is 11.4. The number of aromatic nitrogens is 2. The minimum atomic E-state index is -1.02. The Hall–Kier alpha value is -1.82. The van der Waals surface area contributed by atoms with Crippen molar-refractivity contribution in [3.8, 4) is 17.1 Å². The number of ether oxygens (including phenoxy) is 1. The number of nitrogens with zero attached hydrogens (tertiary/aromatic N) is 2. The van der Waals surface area contributed by atoms with Gasteiger partial charge in [0, 0.05) is 12.6 Å². The third kappa shape index (κ3) is 2.11. The number of methoxy groups -OCH3 is 1. The molecule has 0 fully saturated rings. The fourth-order valence-corrected chi connectivity index (χ4v) is 2.32. The maximum Gasteiger partial charge on any atom is 0.355 e. The first-order valence-corrected chi connectivity index (χ1v) is 5.94. The fraction of sp³-hybridized carbons (Fsp3) is 0.167. The highest BCUT2D eigenvalue weighted by atomic mass is 79.9. The van der Waals surface area contributed by atoms with Crippen LogP contribution in [-0.2, 0) is 7.05 Å². The van der Waals surface area contributed by atoms with Gasteiger partial charge in [-0.15, -0.1) is 0 Å². The quantitative estimate of drug-likeness (QED) is 0.946. The summed E-state index contributed by atoms with van der Waals surface area (Å²) in [4.78, 5) is 15.3. The van der Waals surface area contributed by atoms with Gasteiger partial charge in [0.15, 0.2) is 5.69 Å². The maximum atomic E-state index is 11.1. The Balaban J connectivity index is 2.57. The number of hydrogen-bond acceptors (Lipinski definition) is 3. The standard InChI is InChI=1S/C12H11BrN2O3/c1-15-9(12(16)17)10(13)14-11(15)7-4-3-5-8(6-7)18-2/h3-6H,1-2H3,(H,16,17). The Morgan fingerprint density at radius 2 is 2.22 bits per heavy atom. The summed E-state index contributed by atoms with van der Waals surface area (Å²) in [5, 5.41) is 9.09. The summed E-state index contributed by atoms with van der Waals surface area (Å²) in [6, 6.07) is 7.31. The van der Waals surface area contributed by atoms with E-state index in [0.29, 0.717) is 16.2 Å². The van der Waals surface area contributed by atoms with Crippen LogP contribution in [0.5, 0.6) is 5.75 Å². The van der Waals surface area contributed by atoms with E-state index in [1.165, 1.54) is 4.57 Å². The number of carboxylic acid groups (broad SMARTS) is 1. The second-order valence-corrected chi connectivity index (χ2v) is 4.42. The third-order valence-corrected chi connectivity index (χ3v) is 3.14. The normalized spacial score (nSPS) is 10.4. The Morgan fingerprint density at radius 1 is 1.50 bits per heavy atom. The molecule has 18 heavy (non-hydrogen) atoms. The molecule has 0 radical (unpaired) electrons. The van der Waals surface area contributed by atoms with E-state index in [0.717, 1.165) is 5.56 Å². The first-order chi connectivity index (χ1) is 8.54. The smallest absolute Gasteiger partial charge is 0.355 e. The number of carboxylic acids is 1. The molecule has 1 heterocycles. The zero-order valence-electron chi connectivity index (χ0n) is 9.85. The Bertz CT molecular complexity index is 607. The van der Waals surface area contributed by atoms with Gasteiger partial charge in [-0.25, -0.2) is 9.78 Å². The Morgan fingerprint density at radius 3 is 2.78 bits per heavy atom. The molecule has 0 amide bonds. The summed E-state index contributed by atoms with van der Waals surface area (Å²) in [5.74, 6) is 0.243. The number of imidazole rings is 1. The lowest BCUT2D eigenvalue weighted by atomic mass is 10.2.